The molecule has 4 heteroatoms. The van der Waals surface area contributed by atoms with Gasteiger partial charge in [0.05, 0.1) is 5.54 Å². The van der Waals surface area contributed by atoms with E-state index in [0.29, 0.717) is 6.42 Å². The van der Waals surface area contributed by atoms with E-state index >= 15 is 0 Å². The molecule has 0 amide bonds. The first-order valence-electron chi connectivity index (χ1n) is 11.7. The van der Waals surface area contributed by atoms with Crippen LogP contribution in [-0.4, -0.2) is 28.3 Å². The minimum absolute atomic E-state index is 0.155. The second kappa shape index (κ2) is 8.93. The fourth-order valence-corrected chi connectivity index (χ4v) is 5.20. The molecule has 3 aromatic rings. The molecule has 1 aliphatic rings. The highest BCUT2D eigenvalue weighted by Gasteiger charge is 2.52. The molecule has 0 saturated carbocycles. The number of unbranched alkanes of at least 4 members (excludes halogenated alkanes) is 2. The molecule has 1 heterocycles. The van der Waals surface area contributed by atoms with Gasteiger partial charge in [0.2, 0.25) is 0 Å². The maximum atomic E-state index is 10.9. The minimum atomic E-state index is -0.726. The third kappa shape index (κ3) is 4.22. The van der Waals surface area contributed by atoms with E-state index in [-0.39, 0.29) is 23.1 Å². The number of carboxylic acid groups (broad SMARTS) is 1. The largest absolute Gasteiger partial charge is 0.508 e. The topological polar surface area (TPSA) is 60.8 Å². The number of aromatic hydroxyl groups is 1. The molecule has 4 rings (SSSR count). The summed E-state index contributed by atoms with van der Waals surface area (Å²) in [4.78, 5) is 13.4. The van der Waals surface area contributed by atoms with Crippen molar-refractivity contribution in [3.05, 3.63) is 77.9 Å². The van der Waals surface area contributed by atoms with Gasteiger partial charge in [0.1, 0.15) is 5.75 Å². The number of anilines is 1. The molecule has 0 aromatic heterocycles. The molecule has 172 valence electrons. The van der Waals surface area contributed by atoms with E-state index in [1.807, 2.05) is 12.1 Å². The van der Waals surface area contributed by atoms with Crippen molar-refractivity contribution in [1.82, 2.24) is 0 Å². The number of hydrogen-bond acceptors (Lipinski definition) is 3. The SMILES string of the molecule is CC1(C)c2c(ccc3ccccc23)N(CCCCCC(=O)O)C1(C)C=Cc1ccc(O)cc1. The quantitative estimate of drug-likeness (QED) is 0.378. The molecule has 1 unspecified atom stereocenters. The van der Waals surface area contributed by atoms with Crippen LogP contribution in [0.5, 0.6) is 5.75 Å². The number of carboxylic acids is 1. The third-order valence-electron chi connectivity index (χ3n) is 7.41. The molecule has 33 heavy (non-hydrogen) atoms. The zero-order chi connectivity index (χ0) is 23.6. The first-order chi connectivity index (χ1) is 15.7. The van der Waals surface area contributed by atoms with E-state index in [4.69, 9.17) is 5.11 Å². The molecular formula is C29H33NO3. The molecule has 2 N–H and O–H groups in total. The van der Waals surface area contributed by atoms with Gasteiger partial charge in [0.25, 0.3) is 0 Å². The van der Waals surface area contributed by atoms with E-state index in [0.717, 1.165) is 24.9 Å². The third-order valence-corrected chi connectivity index (χ3v) is 7.41. The fourth-order valence-electron chi connectivity index (χ4n) is 5.20. The number of benzene rings is 3. The lowest BCUT2D eigenvalue weighted by Crippen LogP contribution is -2.52. The molecule has 0 aliphatic carbocycles. The van der Waals surface area contributed by atoms with E-state index < -0.39 is 5.97 Å². The molecule has 0 radical (unpaired) electrons. The Morgan fingerprint density at radius 1 is 0.939 bits per heavy atom. The summed E-state index contributed by atoms with van der Waals surface area (Å²) in [5, 5.41) is 21.1. The maximum Gasteiger partial charge on any atom is 0.303 e. The van der Waals surface area contributed by atoms with Crippen LogP contribution in [0, 0.1) is 0 Å². The predicted molar refractivity (Wildman–Crippen MR) is 136 cm³/mol. The summed E-state index contributed by atoms with van der Waals surface area (Å²) >= 11 is 0. The van der Waals surface area contributed by atoms with Gasteiger partial charge in [-0.25, -0.2) is 0 Å². The van der Waals surface area contributed by atoms with Gasteiger partial charge in [-0.15, -0.1) is 0 Å². The number of nitrogens with zero attached hydrogens (tertiary/aromatic N) is 1. The first kappa shape index (κ1) is 22.9. The van der Waals surface area contributed by atoms with Crippen molar-refractivity contribution in [2.24, 2.45) is 0 Å². The summed E-state index contributed by atoms with van der Waals surface area (Å²) in [5.41, 5.74) is 3.24. The van der Waals surface area contributed by atoms with Crippen LogP contribution >= 0.6 is 0 Å². The Kier molecular flexibility index (Phi) is 6.20. The summed E-state index contributed by atoms with van der Waals surface area (Å²) in [5.74, 6) is -0.461. The average molecular weight is 444 g/mol. The monoisotopic (exact) mass is 443 g/mol. The lowest BCUT2D eigenvalue weighted by molar-refractivity contribution is -0.137. The summed E-state index contributed by atoms with van der Waals surface area (Å²) in [6, 6.07) is 20.3. The smallest absolute Gasteiger partial charge is 0.303 e. The highest BCUT2D eigenvalue weighted by molar-refractivity contribution is 5.94. The lowest BCUT2D eigenvalue weighted by Gasteiger charge is -2.43. The molecule has 3 aromatic carbocycles. The van der Waals surface area contributed by atoms with Crippen molar-refractivity contribution in [3.8, 4) is 5.75 Å². The van der Waals surface area contributed by atoms with Gasteiger partial charge in [0.15, 0.2) is 0 Å². The zero-order valence-corrected chi connectivity index (χ0v) is 19.7. The average Bonchev–Trinajstić information content (AvgIpc) is 2.96. The van der Waals surface area contributed by atoms with Crippen LogP contribution in [-0.2, 0) is 10.2 Å². The summed E-state index contributed by atoms with van der Waals surface area (Å²) in [6.07, 6.45) is 7.21. The van der Waals surface area contributed by atoms with Crippen molar-refractivity contribution < 1.29 is 15.0 Å². The van der Waals surface area contributed by atoms with Crippen LogP contribution in [0.4, 0.5) is 5.69 Å². The molecule has 1 atom stereocenters. The van der Waals surface area contributed by atoms with Crippen LogP contribution in [0.25, 0.3) is 16.8 Å². The van der Waals surface area contributed by atoms with Crippen molar-refractivity contribution in [2.45, 2.75) is 57.4 Å². The molecule has 0 spiro atoms. The predicted octanol–water partition coefficient (Wildman–Crippen LogP) is 6.76. The second-order valence-corrected chi connectivity index (χ2v) is 9.73. The lowest BCUT2D eigenvalue weighted by atomic mass is 9.70. The van der Waals surface area contributed by atoms with Crippen LogP contribution in [0.15, 0.2) is 66.7 Å². The fraction of sp³-hybridized carbons (Fsp3) is 0.345. The Labute approximate surface area is 196 Å². The Hall–Kier alpha value is -3.27. The Morgan fingerprint density at radius 3 is 2.39 bits per heavy atom. The first-order valence-corrected chi connectivity index (χ1v) is 11.7. The van der Waals surface area contributed by atoms with Crippen molar-refractivity contribution in [1.29, 1.82) is 0 Å². The number of aliphatic carboxylic acids is 1. The molecule has 0 saturated heterocycles. The maximum absolute atomic E-state index is 10.9. The number of rotatable bonds is 8. The van der Waals surface area contributed by atoms with Gasteiger partial charge in [-0.3, -0.25) is 4.79 Å². The van der Waals surface area contributed by atoms with Crippen LogP contribution < -0.4 is 4.90 Å². The number of phenolic OH excluding ortho intramolecular Hbond substituents is 1. The summed E-state index contributed by atoms with van der Waals surface area (Å²) in [7, 11) is 0. The molecule has 4 nitrogen and oxygen atoms in total. The van der Waals surface area contributed by atoms with Gasteiger partial charge >= 0.3 is 5.97 Å². The number of carbonyl (C=O) groups is 1. The Bertz CT molecular complexity index is 1180. The molecule has 0 fully saturated rings. The molecule has 1 aliphatic heterocycles. The van der Waals surface area contributed by atoms with E-state index in [9.17, 15) is 9.90 Å². The van der Waals surface area contributed by atoms with Gasteiger partial charge in [-0.1, -0.05) is 74.9 Å². The van der Waals surface area contributed by atoms with Gasteiger partial charge in [0, 0.05) is 24.1 Å². The van der Waals surface area contributed by atoms with E-state index in [1.54, 1.807) is 12.1 Å². The van der Waals surface area contributed by atoms with E-state index in [2.05, 4.69) is 74.2 Å². The number of phenols is 1. The Morgan fingerprint density at radius 2 is 1.67 bits per heavy atom. The Balaban J connectivity index is 1.73. The summed E-state index contributed by atoms with van der Waals surface area (Å²) in [6.45, 7) is 7.81. The van der Waals surface area contributed by atoms with Crippen molar-refractivity contribution >= 4 is 28.5 Å². The normalized spacial score (nSPS) is 19.3. The van der Waals surface area contributed by atoms with E-state index in [1.165, 1.54) is 22.0 Å². The second-order valence-electron chi connectivity index (χ2n) is 9.73. The molecular weight excluding hydrogens is 410 g/mol. The van der Waals surface area contributed by atoms with Crippen LogP contribution in [0.3, 0.4) is 0 Å². The standard InChI is InChI=1S/C29H33NO3/c1-28(2)27-24-10-7-6-9-22(24)14-17-25(27)30(20-8-4-5-11-26(32)33)29(28,3)19-18-21-12-15-23(31)16-13-21/h6-7,9-10,12-19,31H,4-5,8,11,20H2,1-3H3,(H,32,33). The number of hydrogen-bond donors (Lipinski definition) is 2. The van der Waals surface area contributed by atoms with Gasteiger partial charge < -0.3 is 15.1 Å². The van der Waals surface area contributed by atoms with Crippen LogP contribution in [0.2, 0.25) is 0 Å². The van der Waals surface area contributed by atoms with Crippen molar-refractivity contribution in [2.75, 3.05) is 11.4 Å². The highest BCUT2D eigenvalue weighted by Crippen LogP contribution is 2.54. The van der Waals surface area contributed by atoms with Crippen molar-refractivity contribution in [3.63, 3.8) is 0 Å². The number of fused-ring (bicyclic) bond motifs is 3. The zero-order valence-electron chi connectivity index (χ0n) is 19.7. The van der Waals surface area contributed by atoms with Crippen LogP contribution in [0.1, 0.15) is 57.6 Å². The summed E-state index contributed by atoms with van der Waals surface area (Å²) < 4.78 is 0. The van der Waals surface area contributed by atoms with Gasteiger partial charge in [-0.05, 0) is 59.9 Å². The highest BCUT2D eigenvalue weighted by atomic mass is 16.4. The molecule has 0 bridgehead atoms. The van der Waals surface area contributed by atoms with Gasteiger partial charge in [-0.2, -0.15) is 0 Å². The minimum Gasteiger partial charge on any atom is -0.508 e.